The van der Waals surface area contributed by atoms with Gasteiger partial charge in [-0.15, -0.1) is 0 Å². The molecule has 0 bridgehead atoms. The summed E-state index contributed by atoms with van der Waals surface area (Å²) in [7, 11) is 0. The highest BCUT2D eigenvalue weighted by atomic mass is 16.5. The first-order chi connectivity index (χ1) is 6.11. The fraction of sp³-hybridized carbons (Fsp3) is 0.800. The van der Waals surface area contributed by atoms with Crippen molar-refractivity contribution in [2.45, 2.75) is 52.6 Å². The van der Waals surface area contributed by atoms with Gasteiger partial charge in [-0.1, -0.05) is 20.3 Å². The van der Waals surface area contributed by atoms with Gasteiger partial charge in [0.2, 0.25) is 0 Å². The van der Waals surface area contributed by atoms with E-state index in [1.165, 1.54) is 6.92 Å². The van der Waals surface area contributed by atoms with Gasteiger partial charge in [-0.3, -0.25) is 9.59 Å². The lowest BCUT2D eigenvalue weighted by Crippen LogP contribution is -2.25. The first-order valence-electron chi connectivity index (χ1n) is 4.81. The largest absolute Gasteiger partial charge is 0.455 e. The summed E-state index contributed by atoms with van der Waals surface area (Å²) in [5, 5.41) is 0. The molecule has 0 aromatic heterocycles. The third-order valence-electron chi connectivity index (χ3n) is 1.71. The molecule has 3 heteroatoms. The Bertz CT molecular complexity index is 175. The number of ether oxygens (including phenoxy) is 1. The van der Waals surface area contributed by atoms with Crippen molar-refractivity contribution in [3.05, 3.63) is 0 Å². The van der Waals surface area contributed by atoms with Crippen LogP contribution in [0.5, 0.6) is 0 Å². The maximum Gasteiger partial charge on any atom is 0.303 e. The predicted octanol–water partition coefficient (Wildman–Crippen LogP) is 2.09. The van der Waals surface area contributed by atoms with Crippen molar-refractivity contribution in [1.29, 1.82) is 0 Å². The average molecular weight is 186 g/mol. The molecule has 1 unspecified atom stereocenters. The molecule has 0 aliphatic carbocycles. The zero-order chi connectivity index (χ0) is 10.3. The number of Topliss-reactive ketones (excluding diaryl/α,β-unsaturated/α-hetero) is 1. The van der Waals surface area contributed by atoms with Crippen molar-refractivity contribution in [2.75, 3.05) is 0 Å². The molecule has 0 saturated carbocycles. The van der Waals surface area contributed by atoms with Crippen molar-refractivity contribution in [2.24, 2.45) is 0 Å². The van der Waals surface area contributed by atoms with Crippen LogP contribution < -0.4 is 0 Å². The zero-order valence-electron chi connectivity index (χ0n) is 8.63. The van der Waals surface area contributed by atoms with Crippen LogP contribution in [0.4, 0.5) is 0 Å². The van der Waals surface area contributed by atoms with Crippen LogP contribution >= 0.6 is 0 Å². The van der Waals surface area contributed by atoms with Crippen LogP contribution in [-0.4, -0.2) is 17.9 Å². The number of carbonyl (C=O) groups excluding carboxylic acids is 2. The molecule has 0 aromatic rings. The van der Waals surface area contributed by atoms with E-state index in [1.807, 2.05) is 13.8 Å². The Morgan fingerprint density at radius 3 is 2.23 bits per heavy atom. The highest BCUT2D eigenvalue weighted by Gasteiger charge is 2.18. The lowest BCUT2D eigenvalue weighted by atomic mass is 10.1. The van der Waals surface area contributed by atoms with Crippen molar-refractivity contribution >= 4 is 11.8 Å². The molecule has 0 spiro atoms. The molecular formula is C10H18O3. The van der Waals surface area contributed by atoms with E-state index in [0.29, 0.717) is 12.8 Å². The summed E-state index contributed by atoms with van der Waals surface area (Å²) in [6.45, 7) is 5.24. The van der Waals surface area contributed by atoms with Gasteiger partial charge in [-0.05, 0) is 12.8 Å². The minimum atomic E-state index is -0.512. The van der Waals surface area contributed by atoms with E-state index >= 15 is 0 Å². The normalized spacial score (nSPS) is 12.2. The van der Waals surface area contributed by atoms with Crippen LogP contribution in [-0.2, 0) is 14.3 Å². The van der Waals surface area contributed by atoms with E-state index in [4.69, 9.17) is 4.74 Å². The molecule has 0 heterocycles. The Labute approximate surface area is 79.5 Å². The summed E-state index contributed by atoms with van der Waals surface area (Å²) in [6.07, 6.45) is 2.28. The van der Waals surface area contributed by atoms with Gasteiger partial charge in [-0.2, -0.15) is 0 Å². The lowest BCUT2D eigenvalue weighted by Gasteiger charge is -2.14. The molecule has 0 radical (unpaired) electrons. The highest BCUT2D eigenvalue weighted by molar-refractivity contribution is 5.85. The van der Waals surface area contributed by atoms with Gasteiger partial charge in [0.15, 0.2) is 11.9 Å². The van der Waals surface area contributed by atoms with E-state index in [9.17, 15) is 9.59 Å². The van der Waals surface area contributed by atoms with Crippen LogP contribution in [0.2, 0.25) is 0 Å². The fourth-order valence-corrected chi connectivity index (χ4v) is 1.16. The Kier molecular flexibility index (Phi) is 6.20. The Morgan fingerprint density at radius 1 is 1.23 bits per heavy atom. The van der Waals surface area contributed by atoms with Gasteiger partial charge in [0.1, 0.15) is 0 Å². The molecule has 0 saturated heterocycles. The first-order valence-corrected chi connectivity index (χ1v) is 4.81. The number of rotatable bonds is 6. The quantitative estimate of drug-likeness (QED) is 0.596. The maximum absolute atomic E-state index is 11.4. The van der Waals surface area contributed by atoms with E-state index in [0.717, 1.165) is 12.8 Å². The van der Waals surface area contributed by atoms with Crippen LogP contribution in [0.15, 0.2) is 0 Å². The van der Waals surface area contributed by atoms with Gasteiger partial charge >= 0.3 is 5.97 Å². The van der Waals surface area contributed by atoms with Crippen LogP contribution in [0.1, 0.15) is 46.5 Å². The second kappa shape index (κ2) is 6.63. The minimum Gasteiger partial charge on any atom is -0.455 e. The first kappa shape index (κ1) is 12.1. The van der Waals surface area contributed by atoms with Gasteiger partial charge < -0.3 is 4.74 Å². The highest BCUT2D eigenvalue weighted by Crippen LogP contribution is 2.07. The third-order valence-corrected chi connectivity index (χ3v) is 1.71. The monoisotopic (exact) mass is 186 g/mol. The molecule has 0 rings (SSSR count). The Balaban J connectivity index is 4.06. The molecule has 76 valence electrons. The van der Waals surface area contributed by atoms with Gasteiger partial charge in [0.05, 0.1) is 0 Å². The molecule has 0 aromatic carbocycles. The fourth-order valence-electron chi connectivity index (χ4n) is 1.16. The predicted molar refractivity (Wildman–Crippen MR) is 50.4 cm³/mol. The van der Waals surface area contributed by atoms with Crippen molar-refractivity contribution < 1.29 is 14.3 Å². The standard InChI is InChI=1S/C10H18O3/c1-4-6-9(12)10(7-5-2)13-8(3)11/h10H,4-7H2,1-3H3. The number of hydrogen-bond donors (Lipinski definition) is 0. The summed E-state index contributed by atoms with van der Waals surface area (Å²) in [5.74, 6) is -0.331. The summed E-state index contributed by atoms with van der Waals surface area (Å²) in [4.78, 5) is 22.1. The smallest absolute Gasteiger partial charge is 0.303 e. The third kappa shape index (κ3) is 5.39. The second-order valence-electron chi connectivity index (χ2n) is 3.10. The molecule has 0 N–H and O–H groups in total. The Hall–Kier alpha value is -0.860. The van der Waals surface area contributed by atoms with Gasteiger partial charge in [-0.25, -0.2) is 0 Å². The van der Waals surface area contributed by atoms with E-state index < -0.39 is 6.10 Å². The number of ketones is 1. The molecular weight excluding hydrogens is 168 g/mol. The van der Waals surface area contributed by atoms with Crippen molar-refractivity contribution in [3.8, 4) is 0 Å². The van der Waals surface area contributed by atoms with Gasteiger partial charge in [0.25, 0.3) is 0 Å². The minimum absolute atomic E-state index is 0.0413. The number of hydrogen-bond acceptors (Lipinski definition) is 3. The molecule has 0 aliphatic rings. The summed E-state index contributed by atoms with van der Waals surface area (Å²) in [5.41, 5.74) is 0. The second-order valence-corrected chi connectivity index (χ2v) is 3.10. The van der Waals surface area contributed by atoms with Crippen LogP contribution in [0.25, 0.3) is 0 Å². The van der Waals surface area contributed by atoms with E-state index in [-0.39, 0.29) is 11.8 Å². The molecule has 13 heavy (non-hydrogen) atoms. The zero-order valence-corrected chi connectivity index (χ0v) is 8.63. The summed E-state index contributed by atoms with van der Waals surface area (Å²) < 4.78 is 4.92. The van der Waals surface area contributed by atoms with Crippen molar-refractivity contribution in [3.63, 3.8) is 0 Å². The number of esters is 1. The molecule has 3 nitrogen and oxygen atoms in total. The van der Waals surface area contributed by atoms with Crippen LogP contribution in [0, 0.1) is 0 Å². The Morgan fingerprint density at radius 2 is 1.85 bits per heavy atom. The average Bonchev–Trinajstić information content (AvgIpc) is 2.03. The molecule has 0 aliphatic heterocycles. The molecule has 1 atom stereocenters. The lowest BCUT2D eigenvalue weighted by molar-refractivity contribution is -0.153. The maximum atomic E-state index is 11.4. The van der Waals surface area contributed by atoms with E-state index in [1.54, 1.807) is 0 Å². The summed E-state index contributed by atoms with van der Waals surface area (Å²) >= 11 is 0. The molecule has 0 amide bonds. The number of carbonyl (C=O) groups is 2. The molecule has 0 fully saturated rings. The van der Waals surface area contributed by atoms with E-state index in [2.05, 4.69) is 0 Å². The van der Waals surface area contributed by atoms with Crippen LogP contribution in [0.3, 0.4) is 0 Å². The summed E-state index contributed by atoms with van der Waals surface area (Å²) in [6, 6.07) is 0. The van der Waals surface area contributed by atoms with Crippen molar-refractivity contribution in [1.82, 2.24) is 0 Å². The van der Waals surface area contributed by atoms with Gasteiger partial charge in [0, 0.05) is 13.3 Å². The SMILES string of the molecule is CCCC(=O)C(CCC)OC(C)=O. The topological polar surface area (TPSA) is 43.4 Å².